The second-order valence-electron chi connectivity index (χ2n) is 7.04. The highest BCUT2D eigenvalue weighted by Gasteiger charge is 2.31. The molecular weight excluding hydrogens is 408 g/mol. The van der Waals surface area contributed by atoms with Crippen LogP contribution in [0.3, 0.4) is 0 Å². The van der Waals surface area contributed by atoms with E-state index in [-0.39, 0.29) is 17.8 Å². The van der Waals surface area contributed by atoms with Crippen LogP contribution in [0.1, 0.15) is 34.7 Å². The van der Waals surface area contributed by atoms with E-state index in [1.54, 1.807) is 28.0 Å². The van der Waals surface area contributed by atoms with Gasteiger partial charge in [-0.25, -0.2) is 4.98 Å². The van der Waals surface area contributed by atoms with Gasteiger partial charge >= 0.3 is 5.97 Å². The van der Waals surface area contributed by atoms with Crippen molar-refractivity contribution in [1.82, 2.24) is 9.88 Å². The van der Waals surface area contributed by atoms with Crippen LogP contribution in [0.5, 0.6) is 0 Å². The van der Waals surface area contributed by atoms with E-state index in [1.165, 1.54) is 7.11 Å². The molecule has 0 aliphatic carbocycles. The third-order valence-electron chi connectivity index (χ3n) is 5.15. The number of thioether (sulfide) groups is 1. The molecule has 1 fully saturated rings. The molecular formula is C21H22N2O4S2. The Morgan fingerprint density at radius 3 is 2.76 bits per heavy atom. The Balaban J connectivity index is 1.56. The molecule has 6 nitrogen and oxygen atoms in total. The average Bonchev–Trinajstić information content (AvgIpc) is 3.34. The van der Waals surface area contributed by atoms with Gasteiger partial charge in [0.15, 0.2) is 5.76 Å². The third kappa shape index (κ3) is 4.18. The predicted octanol–water partition coefficient (Wildman–Crippen LogP) is 4.52. The standard InChI is InChI=1S/C21H22N2O4S2/c1-13-11-28-21(22-13)29-12-16-15-5-3-4-6-17(15)27-18(16)19(24)23-9-7-14(8-10-23)20(25)26-2/h3-6,11,14H,7-10,12H2,1-2H3. The minimum Gasteiger partial charge on any atom is -0.469 e. The highest BCUT2D eigenvalue weighted by Crippen LogP contribution is 2.34. The van der Waals surface area contributed by atoms with Gasteiger partial charge in [-0.2, -0.15) is 0 Å². The van der Waals surface area contributed by atoms with Crippen LogP contribution in [0, 0.1) is 12.8 Å². The van der Waals surface area contributed by atoms with E-state index in [9.17, 15) is 9.59 Å². The lowest BCUT2D eigenvalue weighted by Crippen LogP contribution is -2.40. The van der Waals surface area contributed by atoms with Crippen LogP contribution in [0.2, 0.25) is 0 Å². The summed E-state index contributed by atoms with van der Waals surface area (Å²) in [5.41, 5.74) is 2.61. The largest absolute Gasteiger partial charge is 0.469 e. The van der Waals surface area contributed by atoms with Crippen molar-refractivity contribution in [3.05, 3.63) is 46.7 Å². The molecule has 4 rings (SSSR count). The molecule has 0 spiro atoms. The number of methoxy groups -OCH3 is 1. The van der Waals surface area contributed by atoms with Gasteiger partial charge in [-0.3, -0.25) is 9.59 Å². The zero-order valence-corrected chi connectivity index (χ0v) is 18.0. The highest BCUT2D eigenvalue weighted by molar-refractivity contribution is 8.00. The van der Waals surface area contributed by atoms with Crippen molar-refractivity contribution in [3.63, 3.8) is 0 Å². The molecule has 152 valence electrons. The number of furan rings is 1. The Morgan fingerprint density at radius 1 is 1.31 bits per heavy atom. The zero-order valence-electron chi connectivity index (χ0n) is 16.3. The molecule has 1 aliphatic rings. The van der Waals surface area contributed by atoms with E-state index >= 15 is 0 Å². The predicted molar refractivity (Wildman–Crippen MR) is 113 cm³/mol. The first-order chi connectivity index (χ1) is 14.1. The number of amides is 1. The number of ether oxygens (including phenoxy) is 1. The van der Waals surface area contributed by atoms with Gasteiger partial charge < -0.3 is 14.1 Å². The number of hydrogen-bond donors (Lipinski definition) is 0. The van der Waals surface area contributed by atoms with Gasteiger partial charge in [0.05, 0.1) is 13.0 Å². The van der Waals surface area contributed by atoms with E-state index in [4.69, 9.17) is 9.15 Å². The average molecular weight is 431 g/mol. The maximum absolute atomic E-state index is 13.2. The number of esters is 1. The molecule has 3 heterocycles. The van der Waals surface area contributed by atoms with Crippen molar-refractivity contribution in [2.24, 2.45) is 5.92 Å². The number of aryl methyl sites for hydroxylation is 1. The number of piperidine rings is 1. The molecule has 0 bridgehead atoms. The molecule has 1 amide bonds. The van der Waals surface area contributed by atoms with Gasteiger partial charge in [-0.15, -0.1) is 11.3 Å². The quantitative estimate of drug-likeness (QED) is 0.438. The van der Waals surface area contributed by atoms with Gasteiger partial charge in [0.1, 0.15) is 9.92 Å². The molecule has 1 aromatic carbocycles. The molecule has 3 aromatic rings. The summed E-state index contributed by atoms with van der Waals surface area (Å²) in [7, 11) is 1.40. The fraction of sp³-hybridized carbons (Fsp3) is 0.381. The minimum atomic E-state index is -0.198. The number of carbonyl (C=O) groups is 2. The summed E-state index contributed by atoms with van der Waals surface area (Å²) >= 11 is 3.22. The number of carbonyl (C=O) groups excluding carboxylic acids is 2. The van der Waals surface area contributed by atoms with E-state index in [2.05, 4.69) is 4.98 Å². The monoisotopic (exact) mass is 430 g/mol. The van der Waals surface area contributed by atoms with Crippen LogP contribution >= 0.6 is 23.1 Å². The van der Waals surface area contributed by atoms with Crippen molar-refractivity contribution < 1.29 is 18.7 Å². The Kier molecular flexibility index (Phi) is 5.91. The number of thiazole rings is 1. The molecule has 29 heavy (non-hydrogen) atoms. The van der Waals surface area contributed by atoms with Gasteiger partial charge in [0, 0.05) is 40.9 Å². The molecule has 0 N–H and O–H groups in total. The molecule has 2 aromatic heterocycles. The summed E-state index contributed by atoms with van der Waals surface area (Å²) in [6.07, 6.45) is 1.22. The SMILES string of the molecule is COC(=O)C1CCN(C(=O)c2oc3ccccc3c2CSc2nc(C)cs2)CC1. The molecule has 8 heteroatoms. The summed E-state index contributed by atoms with van der Waals surface area (Å²) in [6.45, 7) is 3.02. The van der Waals surface area contributed by atoms with E-state index in [0.717, 1.165) is 21.0 Å². The molecule has 0 saturated carbocycles. The lowest BCUT2D eigenvalue weighted by atomic mass is 9.96. The van der Waals surface area contributed by atoms with E-state index < -0.39 is 0 Å². The van der Waals surface area contributed by atoms with Crippen LogP contribution in [-0.4, -0.2) is 42.0 Å². The van der Waals surface area contributed by atoms with Gasteiger partial charge in [-0.05, 0) is 25.8 Å². The lowest BCUT2D eigenvalue weighted by molar-refractivity contribution is -0.146. The van der Waals surface area contributed by atoms with Crippen molar-refractivity contribution in [3.8, 4) is 0 Å². The summed E-state index contributed by atoms with van der Waals surface area (Å²) in [4.78, 5) is 31.3. The molecule has 1 saturated heterocycles. The van der Waals surface area contributed by atoms with Crippen molar-refractivity contribution in [2.75, 3.05) is 20.2 Å². The fourth-order valence-corrected chi connectivity index (χ4v) is 5.45. The number of likely N-dealkylation sites (tertiary alicyclic amines) is 1. The molecule has 0 atom stereocenters. The Labute approximate surface area is 177 Å². The maximum atomic E-state index is 13.2. The number of hydrogen-bond acceptors (Lipinski definition) is 7. The van der Waals surface area contributed by atoms with Gasteiger partial charge in [0.2, 0.25) is 0 Å². The van der Waals surface area contributed by atoms with Gasteiger partial charge in [0.25, 0.3) is 5.91 Å². The third-order valence-corrected chi connectivity index (χ3v) is 7.31. The normalized spacial score (nSPS) is 15.0. The number of aromatic nitrogens is 1. The Bertz CT molecular complexity index is 1030. The van der Waals surface area contributed by atoms with Crippen LogP contribution in [0.15, 0.2) is 38.4 Å². The number of benzene rings is 1. The summed E-state index contributed by atoms with van der Waals surface area (Å²) < 4.78 is 11.8. The first-order valence-corrected chi connectivity index (χ1v) is 11.4. The lowest BCUT2D eigenvalue weighted by Gasteiger charge is -2.30. The summed E-state index contributed by atoms with van der Waals surface area (Å²) in [6, 6.07) is 7.73. The minimum absolute atomic E-state index is 0.115. The van der Waals surface area contributed by atoms with E-state index in [0.29, 0.717) is 43.0 Å². The number of rotatable bonds is 5. The fourth-order valence-electron chi connectivity index (χ4n) is 3.58. The summed E-state index contributed by atoms with van der Waals surface area (Å²) in [5.74, 6) is 0.558. The van der Waals surface area contributed by atoms with Crippen molar-refractivity contribution in [1.29, 1.82) is 0 Å². The van der Waals surface area contributed by atoms with Crippen molar-refractivity contribution >= 4 is 45.9 Å². The van der Waals surface area contributed by atoms with Crippen LogP contribution in [0.4, 0.5) is 0 Å². The second-order valence-corrected chi connectivity index (χ2v) is 9.12. The second kappa shape index (κ2) is 8.59. The van der Waals surface area contributed by atoms with Crippen LogP contribution in [0.25, 0.3) is 11.0 Å². The molecule has 0 unspecified atom stereocenters. The summed E-state index contributed by atoms with van der Waals surface area (Å²) in [5, 5.41) is 2.98. The Hall–Kier alpha value is -2.32. The first kappa shape index (κ1) is 20.0. The highest BCUT2D eigenvalue weighted by atomic mass is 32.2. The Morgan fingerprint density at radius 2 is 2.07 bits per heavy atom. The van der Waals surface area contributed by atoms with E-state index in [1.807, 2.05) is 36.6 Å². The van der Waals surface area contributed by atoms with Crippen LogP contribution in [-0.2, 0) is 15.3 Å². The molecule has 1 aliphatic heterocycles. The van der Waals surface area contributed by atoms with Gasteiger partial charge in [-0.1, -0.05) is 30.0 Å². The van der Waals surface area contributed by atoms with Crippen LogP contribution < -0.4 is 0 Å². The topological polar surface area (TPSA) is 72.6 Å². The zero-order chi connectivity index (χ0) is 20.4. The smallest absolute Gasteiger partial charge is 0.308 e. The van der Waals surface area contributed by atoms with Crippen molar-refractivity contribution in [2.45, 2.75) is 29.9 Å². The number of nitrogens with zero attached hydrogens (tertiary/aromatic N) is 2. The number of fused-ring (bicyclic) bond motifs is 1. The maximum Gasteiger partial charge on any atom is 0.308 e. The first-order valence-electron chi connectivity index (χ1n) is 9.49. The number of para-hydroxylation sites is 1. The molecule has 0 radical (unpaired) electrons.